The van der Waals surface area contributed by atoms with E-state index in [4.69, 9.17) is 5.73 Å². The fourth-order valence-corrected chi connectivity index (χ4v) is 3.35. The molecule has 2 nitrogen and oxygen atoms in total. The van der Waals surface area contributed by atoms with Crippen LogP contribution in [0.4, 0.5) is 0 Å². The molecule has 2 N–H and O–H groups in total. The van der Waals surface area contributed by atoms with Gasteiger partial charge in [-0.15, -0.1) is 0 Å². The minimum absolute atomic E-state index is 0.762. The maximum absolute atomic E-state index is 6.04. The van der Waals surface area contributed by atoms with E-state index in [9.17, 15) is 0 Å². The van der Waals surface area contributed by atoms with Gasteiger partial charge in [-0.1, -0.05) is 95.4 Å². The van der Waals surface area contributed by atoms with Crippen LogP contribution in [0.2, 0.25) is 0 Å². The first-order chi connectivity index (χ1) is 13.4. The van der Waals surface area contributed by atoms with Gasteiger partial charge < -0.3 is 5.73 Å². The van der Waals surface area contributed by atoms with Gasteiger partial charge in [0.2, 0.25) is 0 Å². The van der Waals surface area contributed by atoms with Crippen molar-refractivity contribution in [1.29, 1.82) is 0 Å². The summed E-state index contributed by atoms with van der Waals surface area (Å²) in [4.78, 5) is 4.26. The summed E-state index contributed by atoms with van der Waals surface area (Å²) in [5, 5.41) is 0. The number of nitrogens with zero attached hydrogens (tertiary/aromatic N) is 1. The normalized spacial score (nSPS) is 15.2. The van der Waals surface area contributed by atoms with Crippen LogP contribution in [0, 0.1) is 12.8 Å². The molecule has 0 spiro atoms. The van der Waals surface area contributed by atoms with E-state index in [-0.39, 0.29) is 0 Å². The highest BCUT2D eigenvalue weighted by molar-refractivity contribution is 6.12. The van der Waals surface area contributed by atoms with Crippen LogP contribution in [0.15, 0.2) is 59.4 Å². The van der Waals surface area contributed by atoms with Crippen molar-refractivity contribution >= 4 is 11.3 Å². The lowest BCUT2D eigenvalue weighted by Gasteiger charge is -2.24. The lowest BCUT2D eigenvalue weighted by atomic mass is 9.82. The molecule has 28 heavy (non-hydrogen) atoms. The van der Waals surface area contributed by atoms with Crippen LogP contribution in [-0.2, 0) is 0 Å². The molecular formula is C26H42N2. The first-order valence-electron chi connectivity index (χ1n) is 10.8. The Labute approximate surface area is 174 Å². The third-order valence-electron chi connectivity index (χ3n) is 4.85. The number of aryl methyl sites for hydroxylation is 1. The molecule has 1 aliphatic rings. The first-order valence-corrected chi connectivity index (χ1v) is 10.8. The molecule has 0 atom stereocenters. The van der Waals surface area contributed by atoms with Crippen molar-refractivity contribution in [2.45, 2.75) is 80.6 Å². The van der Waals surface area contributed by atoms with Crippen molar-refractivity contribution in [2.24, 2.45) is 16.6 Å². The monoisotopic (exact) mass is 382 g/mol. The number of hydrogen-bond acceptors (Lipinski definition) is 2. The largest absolute Gasteiger partial charge is 0.402 e. The van der Waals surface area contributed by atoms with Crippen LogP contribution in [-0.4, -0.2) is 5.71 Å². The molecule has 1 aromatic rings. The maximum Gasteiger partial charge on any atom is 0.0467 e. The number of hydrogen-bond donors (Lipinski definition) is 1. The van der Waals surface area contributed by atoms with E-state index in [1.807, 2.05) is 34.6 Å². The lowest BCUT2D eigenvalue weighted by Crippen LogP contribution is -2.09. The number of benzene rings is 1. The Morgan fingerprint density at radius 1 is 1.25 bits per heavy atom. The summed E-state index contributed by atoms with van der Waals surface area (Å²) < 4.78 is 0. The van der Waals surface area contributed by atoms with Crippen LogP contribution in [0.5, 0.6) is 0 Å². The summed E-state index contributed by atoms with van der Waals surface area (Å²) in [7, 11) is 0. The van der Waals surface area contributed by atoms with Crippen LogP contribution < -0.4 is 5.73 Å². The average molecular weight is 383 g/mol. The van der Waals surface area contributed by atoms with Gasteiger partial charge in [-0.05, 0) is 44.7 Å². The van der Waals surface area contributed by atoms with Gasteiger partial charge in [-0.25, -0.2) is 0 Å². The van der Waals surface area contributed by atoms with Crippen molar-refractivity contribution in [3.8, 4) is 0 Å². The maximum atomic E-state index is 6.04. The van der Waals surface area contributed by atoms with E-state index in [0.717, 1.165) is 34.0 Å². The van der Waals surface area contributed by atoms with E-state index >= 15 is 0 Å². The van der Waals surface area contributed by atoms with Gasteiger partial charge in [0.15, 0.2) is 0 Å². The number of nitrogens with two attached hydrogens (primary N) is 1. The quantitative estimate of drug-likeness (QED) is 0.395. The second-order valence-corrected chi connectivity index (χ2v) is 7.11. The van der Waals surface area contributed by atoms with Gasteiger partial charge in [-0.3, -0.25) is 4.99 Å². The van der Waals surface area contributed by atoms with Crippen LogP contribution >= 0.6 is 0 Å². The zero-order valence-electron chi connectivity index (χ0n) is 19.3. The Balaban J connectivity index is 0.000000670. The minimum Gasteiger partial charge on any atom is -0.402 e. The van der Waals surface area contributed by atoms with Crippen molar-refractivity contribution in [1.82, 2.24) is 0 Å². The van der Waals surface area contributed by atoms with Crippen LogP contribution in [0.1, 0.15) is 84.8 Å². The Morgan fingerprint density at radius 2 is 1.89 bits per heavy atom. The standard InChI is InChI=1S/C17H22N2.C7H14.C2H6/c1-6-16(15-10-8-9-12(3)11-15)17(13(4)18)14(5)19-7-2;1-2-4-7-5-3-6-7;1-2/h6-11H,2,18H2,1,3-5H3;7H,2-6H2,1H3;1-2H3/b16-6-,17-13-,19-14?;;. The molecule has 0 radical (unpaired) electrons. The highest BCUT2D eigenvalue weighted by Crippen LogP contribution is 2.30. The van der Waals surface area contributed by atoms with Crippen LogP contribution in [0.3, 0.4) is 0 Å². The van der Waals surface area contributed by atoms with Crippen molar-refractivity contribution in [3.05, 3.63) is 65.5 Å². The van der Waals surface area contributed by atoms with Gasteiger partial charge >= 0.3 is 0 Å². The number of allylic oxidation sites excluding steroid dienone is 4. The molecule has 2 rings (SSSR count). The minimum atomic E-state index is 0.762. The predicted molar refractivity (Wildman–Crippen MR) is 129 cm³/mol. The summed E-state index contributed by atoms with van der Waals surface area (Å²) in [5.41, 5.74) is 12.1. The average Bonchev–Trinajstić information content (AvgIpc) is 2.64. The zero-order valence-corrected chi connectivity index (χ0v) is 19.3. The predicted octanol–water partition coefficient (Wildman–Crippen LogP) is 7.85. The summed E-state index contributed by atoms with van der Waals surface area (Å²) in [6, 6.07) is 8.38. The molecule has 1 fully saturated rings. The van der Waals surface area contributed by atoms with Gasteiger partial charge in [0.1, 0.15) is 0 Å². The molecule has 0 amide bonds. The molecular weight excluding hydrogens is 340 g/mol. The van der Waals surface area contributed by atoms with E-state index in [1.54, 1.807) is 6.20 Å². The molecule has 0 aromatic heterocycles. The molecule has 2 heteroatoms. The molecule has 0 bridgehead atoms. The smallest absolute Gasteiger partial charge is 0.0467 e. The summed E-state index contributed by atoms with van der Waals surface area (Å²) in [6.45, 7) is 17.9. The van der Waals surface area contributed by atoms with E-state index in [1.165, 1.54) is 37.7 Å². The van der Waals surface area contributed by atoms with E-state index in [0.29, 0.717) is 0 Å². The Morgan fingerprint density at radius 3 is 2.25 bits per heavy atom. The van der Waals surface area contributed by atoms with Crippen molar-refractivity contribution in [3.63, 3.8) is 0 Å². The van der Waals surface area contributed by atoms with Gasteiger partial charge in [0, 0.05) is 23.2 Å². The molecule has 1 aliphatic carbocycles. The van der Waals surface area contributed by atoms with E-state index in [2.05, 4.69) is 55.8 Å². The molecule has 0 aliphatic heterocycles. The second-order valence-electron chi connectivity index (χ2n) is 7.11. The van der Waals surface area contributed by atoms with Crippen LogP contribution in [0.25, 0.3) is 5.57 Å². The Kier molecular flexibility index (Phi) is 13.8. The van der Waals surface area contributed by atoms with Crippen molar-refractivity contribution < 1.29 is 0 Å². The fourth-order valence-electron chi connectivity index (χ4n) is 3.35. The third-order valence-corrected chi connectivity index (χ3v) is 4.85. The topological polar surface area (TPSA) is 38.4 Å². The Bertz CT molecular complexity index is 669. The van der Waals surface area contributed by atoms with Gasteiger partial charge in [0.05, 0.1) is 0 Å². The number of rotatable bonds is 6. The molecule has 1 aromatic carbocycles. The highest BCUT2D eigenvalue weighted by atomic mass is 14.7. The molecule has 1 saturated carbocycles. The summed E-state index contributed by atoms with van der Waals surface area (Å²) in [5.74, 6) is 1.13. The van der Waals surface area contributed by atoms with Gasteiger partial charge in [-0.2, -0.15) is 0 Å². The summed E-state index contributed by atoms with van der Waals surface area (Å²) in [6.07, 6.45) is 11.0. The number of aliphatic imine (C=N–C) groups is 1. The molecule has 0 unspecified atom stereocenters. The molecule has 0 heterocycles. The van der Waals surface area contributed by atoms with Gasteiger partial charge in [0.25, 0.3) is 0 Å². The summed E-state index contributed by atoms with van der Waals surface area (Å²) >= 11 is 0. The lowest BCUT2D eigenvalue weighted by molar-refractivity contribution is 0.294. The second kappa shape index (κ2) is 14.9. The zero-order chi connectivity index (χ0) is 21.5. The first kappa shape index (κ1) is 25.9. The third kappa shape index (κ3) is 8.73. The SMILES string of the molecule is C=CN=C(C)C(/C(=C\C)c1cccc(C)c1)=C(\C)N.CC.CCCC1CCC1. The molecule has 0 saturated heterocycles. The fraction of sp³-hybridized carbons (Fsp3) is 0.500. The van der Waals surface area contributed by atoms with E-state index < -0.39 is 0 Å². The molecule has 156 valence electrons. The van der Waals surface area contributed by atoms with Crippen molar-refractivity contribution in [2.75, 3.05) is 0 Å². The Hall–Kier alpha value is -2.09. The highest BCUT2D eigenvalue weighted by Gasteiger charge is 2.15.